The van der Waals surface area contributed by atoms with E-state index >= 15 is 0 Å². The van der Waals surface area contributed by atoms with Crippen LogP contribution in [-0.2, 0) is 10.0 Å². The summed E-state index contributed by atoms with van der Waals surface area (Å²) in [5, 5.41) is 0. The largest absolute Gasteiger partial charge is 0.518 e. The average Bonchev–Trinajstić information content (AvgIpc) is 3.30. The van der Waals surface area contributed by atoms with Gasteiger partial charge >= 0.3 is 15.5 Å². The van der Waals surface area contributed by atoms with Crippen molar-refractivity contribution in [3.8, 4) is 0 Å². The van der Waals surface area contributed by atoms with Crippen LogP contribution in [0.5, 0.6) is 0 Å². The Morgan fingerprint density at radius 2 is 0.929 bits per heavy atom. The van der Waals surface area contributed by atoms with E-state index in [0.717, 1.165) is 33.4 Å². The molecule has 4 aromatic rings. The van der Waals surface area contributed by atoms with Gasteiger partial charge in [-0.15, -0.1) is 0 Å². The molecule has 3 nitrogen and oxygen atoms in total. The minimum Gasteiger partial charge on any atom is -0.195 e. The van der Waals surface area contributed by atoms with Crippen molar-refractivity contribution in [2.24, 2.45) is 9.81 Å². The van der Waals surface area contributed by atoms with Crippen LogP contribution in [0.2, 0.25) is 0 Å². The fourth-order valence-corrected chi connectivity index (χ4v) is 6.35. The standard InChI is InChI=1S/C35H24F3NO2S/c36-35(37,38)42(40,41)39-29-23-13-14-24-34(29)32(27-19-9-3-10-20-27)30(25-15-5-1-6-16-25)31(26-17-7-2-8-18-26)33(34)28-21-11-4-12-22-28/h1-24H/b39-29+. The molecule has 4 aromatic carbocycles. The minimum atomic E-state index is -5.88. The average molecular weight is 580 g/mol. The van der Waals surface area contributed by atoms with Crippen molar-refractivity contribution in [3.05, 3.63) is 168 Å². The van der Waals surface area contributed by atoms with Gasteiger partial charge in [-0.05, 0) is 50.6 Å². The number of benzene rings is 4. The molecule has 0 fully saturated rings. The van der Waals surface area contributed by atoms with Gasteiger partial charge in [-0.1, -0.05) is 140 Å². The summed E-state index contributed by atoms with van der Waals surface area (Å²) in [6.07, 6.45) is 6.39. The van der Waals surface area contributed by atoms with Gasteiger partial charge in [-0.25, -0.2) is 0 Å². The molecule has 0 aromatic heterocycles. The number of rotatable bonds is 5. The molecule has 0 N–H and O–H groups in total. The first-order chi connectivity index (χ1) is 20.2. The van der Waals surface area contributed by atoms with Crippen LogP contribution < -0.4 is 0 Å². The second-order valence-corrected chi connectivity index (χ2v) is 11.5. The Hall–Kier alpha value is -4.75. The Morgan fingerprint density at radius 1 is 0.548 bits per heavy atom. The molecule has 0 radical (unpaired) electrons. The normalized spacial score (nSPS) is 17.5. The number of alkyl halides is 3. The van der Waals surface area contributed by atoms with Crippen LogP contribution in [0.3, 0.4) is 0 Å². The van der Waals surface area contributed by atoms with Gasteiger partial charge in [0, 0.05) is 0 Å². The lowest BCUT2D eigenvalue weighted by atomic mass is 9.66. The zero-order chi connectivity index (χ0) is 29.4. The zero-order valence-corrected chi connectivity index (χ0v) is 23.0. The van der Waals surface area contributed by atoms with E-state index in [1.54, 1.807) is 12.2 Å². The first kappa shape index (κ1) is 27.4. The van der Waals surface area contributed by atoms with E-state index in [1.165, 1.54) is 12.2 Å². The highest BCUT2D eigenvalue weighted by molar-refractivity contribution is 7.91. The predicted molar refractivity (Wildman–Crippen MR) is 163 cm³/mol. The highest BCUT2D eigenvalue weighted by Gasteiger charge is 2.53. The molecular formula is C35H24F3NO2S. The summed E-state index contributed by atoms with van der Waals surface area (Å²) in [4.78, 5) is 0. The summed E-state index contributed by atoms with van der Waals surface area (Å²) in [6.45, 7) is 0. The van der Waals surface area contributed by atoms with Crippen molar-refractivity contribution < 1.29 is 21.6 Å². The van der Waals surface area contributed by atoms with Crippen molar-refractivity contribution in [1.82, 2.24) is 0 Å². The summed E-state index contributed by atoms with van der Waals surface area (Å²) in [7, 11) is -5.88. The molecule has 208 valence electrons. The van der Waals surface area contributed by atoms with E-state index < -0.39 is 20.9 Å². The van der Waals surface area contributed by atoms with Gasteiger partial charge in [0.1, 0.15) is 0 Å². The van der Waals surface area contributed by atoms with Crippen LogP contribution in [0.15, 0.2) is 150 Å². The summed E-state index contributed by atoms with van der Waals surface area (Å²) >= 11 is 0. The van der Waals surface area contributed by atoms with Crippen LogP contribution in [-0.4, -0.2) is 19.6 Å². The van der Waals surface area contributed by atoms with Crippen LogP contribution >= 0.6 is 0 Å². The second kappa shape index (κ2) is 10.6. The van der Waals surface area contributed by atoms with Gasteiger partial charge in [-0.2, -0.15) is 26.0 Å². The maximum Gasteiger partial charge on any atom is 0.518 e. The van der Waals surface area contributed by atoms with Gasteiger partial charge in [-0.3, -0.25) is 0 Å². The number of halogens is 3. The van der Waals surface area contributed by atoms with Gasteiger partial charge in [0.15, 0.2) is 0 Å². The van der Waals surface area contributed by atoms with E-state index in [0.29, 0.717) is 11.1 Å². The maximum atomic E-state index is 13.8. The van der Waals surface area contributed by atoms with Crippen LogP contribution in [0.4, 0.5) is 13.2 Å². The fraction of sp³-hybridized carbons (Fsp3) is 0.0571. The SMILES string of the molecule is O=S(=O)(/N=C1\C=CC=CC12C(c1ccccc1)=C(c1ccccc1)C(c1ccccc1)=C2c1ccccc1)C(F)(F)F. The van der Waals surface area contributed by atoms with Gasteiger partial charge in [0.05, 0.1) is 11.1 Å². The summed E-state index contributed by atoms with van der Waals surface area (Å²) in [6, 6.07) is 37.9. The number of hydrogen-bond acceptors (Lipinski definition) is 2. The number of hydrogen-bond donors (Lipinski definition) is 0. The molecule has 0 saturated heterocycles. The molecule has 0 bridgehead atoms. The third kappa shape index (κ3) is 4.56. The van der Waals surface area contributed by atoms with E-state index in [1.807, 2.05) is 121 Å². The van der Waals surface area contributed by atoms with Gasteiger partial charge in [0.2, 0.25) is 0 Å². The number of sulfonamides is 1. The highest BCUT2D eigenvalue weighted by atomic mass is 32.2. The molecule has 2 aliphatic carbocycles. The van der Waals surface area contributed by atoms with Gasteiger partial charge in [0.25, 0.3) is 0 Å². The van der Waals surface area contributed by atoms with E-state index in [2.05, 4.69) is 4.40 Å². The Bertz CT molecular complexity index is 1790. The van der Waals surface area contributed by atoms with Crippen LogP contribution in [0.25, 0.3) is 22.3 Å². The molecule has 42 heavy (non-hydrogen) atoms. The fourth-order valence-electron chi connectivity index (χ4n) is 5.78. The van der Waals surface area contributed by atoms with Crippen molar-refractivity contribution in [3.63, 3.8) is 0 Å². The third-order valence-electron chi connectivity index (χ3n) is 7.42. The molecule has 0 heterocycles. The minimum absolute atomic E-state index is 0.237. The smallest absolute Gasteiger partial charge is 0.195 e. The lowest BCUT2D eigenvalue weighted by molar-refractivity contribution is -0.0435. The second-order valence-electron chi connectivity index (χ2n) is 9.89. The van der Waals surface area contributed by atoms with Crippen LogP contribution in [0.1, 0.15) is 22.3 Å². The Labute approximate surface area is 242 Å². The molecule has 0 atom stereocenters. The van der Waals surface area contributed by atoms with Crippen molar-refractivity contribution in [2.45, 2.75) is 5.51 Å². The molecular weight excluding hydrogens is 555 g/mol. The monoisotopic (exact) mass is 579 g/mol. The first-order valence-electron chi connectivity index (χ1n) is 13.2. The van der Waals surface area contributed by atoms with E-state index in [4.69, 9.17) is 0 Å². The quantitative estimate of drug-likeness (QED) is 0.238. The first-order valence-corrected chi connectivity index (χ1v) is 14.7. The maximum absolute atomic E-state index is 13.8. The predicted octanol–water partition coefficient (Wildman–Crippen LogP) is 8.63. The van der Waals surface area contributed by atoms with Crippen molar-refractivity contribution >= 4 is 38.0 Å². The highest BCUT2D eigenvalue weighted by Crippen LogP contribution is 2.63. The summed E-state index contributed by atoms with van der Waals surface area (Å²) in [5.74, 6) is 0. The van der Waals surface area contributed by atoms with E-state index in [-0.39, 0.29) is 5.71 Å². The Kier molecular flexibility index (Phi) is 6.91. The molecule has 0 saturated carbocycles. The zero-order valence-electron chi connectivity index (χ0n) is 22.2. The van der Waals surface area contributed by atoms with E-state index in [9.17, 15) is 21.6 Å². The number of allylic oxidation sites excluding steroid dienone is 8. The molecule has 6 rings (SSSR count). The Balaban J connectivity index is 1.86. The molecule has 7 heteroatoms. The van der Waals surface area contributed by atoms with Crippen molar-refractivity contribution in [1.29, 1.82) is 0 Å². The molecule has 0 amide bonds. The van der Waals surface area contributed by atoms with Crippen molar-refractivity contribution in [2.75, 3.05) is 0 Å². The molecule has 0 unspecified atom stereocenters. The van der Waals surface area contributed by atoms with Crippen LogP contribution in [0, 0.1) is 5.41 Å². The topological polar surface area (TPSA) is 46.5 Å². The number of nitrogens with zero attached hydrogens (tertiary/aromatic N) is 1. The Morgan fingerprint density at radius 3 is 1.31 bits per heavy atom. The van der Waals surface area contributed by atoms with Gasteiger partial charge < -0.3 is 0 Å². The lowest BCUT2D eigenvalue weighted by Crippen LogP contribution is -2.33. The molecule has 2 aliphatic rings. The lowest BCUT2D eigenvalue weighted by Gasteiger charge is -2.35. The molecule has 0 aliphatic heterocycles. The summed E-state index contributed by atoms with van der Waals surface area (Å²) < 4.78 is 70.3. The molecule has 1 spiro atoms. The third-order valence-corrected chi connectivity index (χ3v) is 8.44. The summed E-state index contributed by atoms with van der Waals surface area (Å²) in [5.41, 5.74) is -1.30.